The Bertz CT molecular complexity index is 652. The van der Waals surface area contributed by atoms with Crippen LogP contribution >= 0.6 is 0 Å². The molecule has 2 aromatic rings. The lowest BCUT2D eigenvalue weighted by molar-refractivity contribution is 0.0308. The van der Waals surface area contributed by atoms with Crippen molar-refractivity contribution in [2.24, 2.45) is 0 Å². The van der Waals surface area contributed by atoms with Crippen molar-refractivity contribution in [2.75, 3.05) is 11.9 Å². The minimum absolute atomic E-state index is 0.0265. The number of fused-ring (bicyclic) bond motifs is 1. The Morgan fingerprint density at radius 2 is 1.86 bits per heavy atom. The first-order chi connectivity index (χ1) is 10.7. The number of hydrogen-bond donors (Lipinski definition) is 2. The van der Waals surface area contributed by atoms with Crippen LogP contribution < -0.4 is 10.6 Å². The zero-order valence-corrected chi connectivity index (χ0v) is 12.6. The molecule has 2 N–H and O–H groups in total. The largest absolute Gasteiger partial charge is 0.371 e. The predicted octanol–water partition coefficient (Wildman–Crippen LogP) is 3.26. The Hall–Kier alpha value is -2.33. The molecule has 0 radical (unpaired) electrons. The Labute approximate surface area is 130 Å². The van der Waals surface area contributed by atoms with Gasteiger partial charge in [-0.2, -0.15) is 0 Å². The van der Waals surface area contributed by atoms with Crippen molar-refractivity contribution >= 4 is 11.7 Å². The van der Waals surface area contributed by atoms with Crippen LogP contribution in [0.15, 0.2) is 48.5 Å². The summed E-state index contributed by atoms with van der Waals surface area (Å²) in [7, 11) is 0. The van der Waals surface area contributed by atoms with E-state index in [4.69, 9.17) is 4.74 Å². The fraction of sp³-hybridized carbons (Fsp3) is 0.278. The number of anilines is 1. The second-order valence-corrected chi connectivity index (χ2v) is 5.61. The summed E-state index contributed by atoms with van der Waals surface area (Å²) in [6.45, 7) is 3.14. The van der Waals surface area contributed by atoms with Gasteiger partial charge in [0, 0.05) is 18.7 Å². The highest BCUT2D eigenvalue weighted by Crippen LogP contribution is 2.19. The van der Waals surface area contributed by atoms with Gasteiger partial charge in [-0.05, 0) is 30.2 Å². The zero-order valence-electron chi connectivity index (χ0n) is 12.6. The molecule has 0 saturated heterocycles. The maximum absolute atomic E-state index is 11.9. The van der Waals surface area contributed by atoms with Gasteiger partial charge in [0.1, 0.15) is 0 Å². The molecule has 22 heavy (non-hydrogen) atoms. The van der Waals surface area contributed by atoms with Crippen LogP contribution in [-0.2, 0) is 17.8 Å². The van der Waals surface area contributed by atoms with Crippen molar-refractivity contribution in [1.82, 2.24) is 5.32 Å². The third-order valence-electron chi connectivity index (χ3n) is 3.84. The lowest BCUT2D eigenvalue weighted by Gasteiger charge is -2.25. The van der Waals surface area contributed by atoms with Crippen molar-refractivity contribution < 1.29 is 9.53 Å². The molecule has 1 aliphatic rings. The van der Waals surface area contributed by atoms with E-state index in [1.54, 1.807) is 0 Å². The maximum Gasteiger partial charge on any atom is 0.319 e. The highest BCUT2D eigenvalue weighted by molar-refractivity contribution is 5.89. The lowest BCUT2D eigenvalue weighted by atomic mass is 9.99. The molecule has 114 valence electrons. The molecule has 0 aromatic heterocycles. The molecule has 1 heterocycles. The highest BCUT2D eigenvalue weighted by atomic mass is 16.5. The number of carbonyl (C=O) groups is 1. The molecule has 3 rings (SSSR count). The molecule has 0 aliphatic carbocycles. The first-order valence-electron chi connectivity index (χ1n) is 7.50. The zero-order chi connectivity index (χ0) is 15.4. The van der Waals surface area contributed by atoms with Gasteiger partial charge in [-0.3, -0.25) is 0 Å². The van der Waals surface area contributed by atoms with Crippen LogP contribution in [0.4, 0.5) is 10.5 Å². The normalized spacial score (nSPS) is 16.7. The smallest absolute Gasteiger partial charge is 0.319 e. The van der Waals surface area contributed by atoms with Gasteiger partial charge in [0.15, 0.2) is 0 Å². The summed E-state index contributed by atoms with van der Waals surface area (Å²) in [5.41, 5.74) is 4.50. The van der Waals surface area contributed by atoms with E-state index in [1.165, 1.54) is 16.7 Å². The van der Waals surface area contributed by atoms with Crippen LogP contribution in [0, 0.1) is 6.92 Å². The molecule has 0 bridgehead atoms. The highest BCUT2D eigenvalue weighted by Gasteiger charge is 2.19. The molecule has 4 nitrogen and oxygen atoms in total. The molecular formula is C18H20N2O2. The van der Waals surface area contributed by atoms with Gasteiger partial charge in [0.2, 0.25) is 0 Å². The van der Waals surface area contributed by atoms with Crippen LogP contribution in [0.2, 0.25) is 0 Å². The summed E-state index contributed by atoms with van der Waals surface area (Å²) in [5, 5.41) is 5.69. The number of urea groups is 1. The number of ether oxygens (including phenoxy) is 1. The summed E-state index contributed by atoms with van der Waals surface area (Å²) in [6, 6.07) is 15.8. The van der Waals surface area contributed by atoms with Crippen molar-refractivity contribution in [3.05, 3.63) is 65.2 Å². The Morgan fingerprint density at radius 3 is 2.64 bits per heavy atom. The average Bonchev–Trinajstić information content (AvgIpc) is 2.55. The topological polar surface area (TPSA) is 50.4 Å². The third-order valence-corrected chi connectivity index (χ3v) is 3.84. The molecule has 0 spiro atoms. The Balaban J connectivity index is 1.49. The van der Waals surface area contributed by atoms with Crippen LogP contribution in [0.5, 0.6) is 0 Å². The SMILES string of the molecule is Cc1ccc(NC(=O)NCC2Cc3ccccc3CO2)cc1. The third kappa shape index (κ3) is 3.65. The van der Waals surface area contributed by atoms with E-state index >= 15 is 0 Å². The van der Waals surface area contributed by atoms with Gasteiger partial charge in [0.05, 0.1) is 12.7 Å². The maximum atomic E-state index is 11.9. The molecule has 2 aromatic carbocycles. The minimum atomic E-state index is -0.202. The molecule has 1 atom stereocenters. The van der Waals surface area contributed by atoms with E-state index in [1.807, 2.05) is 43.3 Å². The van der Waals surface area contributed by atoms with Crippen molar-refractivity contribution in [1.29, 1.82) is 0 Å². The quantitative estimate of drug-likeness (QED) is 0.913. The van der Waals surface area contributed by atoms with Crippen molar-refractivity contribution in [3.63, 3.8) is 0 Å². The van der Waals surface area contributed by atoms with Crippen LogP contribution in [-0.4, -0.2) is 18.7 Å². The number of aryl methyl sites for hydroxylation is 1. The van der Waals surface area contributed by atoms with Crippen molar-refractivity contribution in [2.45, 2.75) is 26.1 Å². The van der Waals surface area contributed by atoms with Crippen LogP contribution in [0.25, 0.3) is 0 Å². The molecule has 4 heteroatoms. The summed E-state index contributed by atoms with van der Waals surface area (Å²) in [5.74, 6) is 0. The number of carbonyl (C=O) groups excluding carboxylic acids is 1. The van der Waals surface area contributed by atoms with Crippen molar-refractivity contribution in [3.8, 4) is 0 Å². The number of nitrogens with one attached hydrogen (secondary N) is 2. The summed E-state index contributed by atoms with van der Waals surface area (Å²) in [6.07, 6.45) is 0.861. The van der Waals surface area contributed by atoms with E-state index < -0.39 is 0 Å². The molecular weight excluding hydrogens is 276 g/mol. The molecule has 1 unspecified atom stereocenters. The molecule has 0 fully saturated rings. The minimum Gasteiger partial charge on any atom is -0.371 e. The van der Waals surface area contributed by atoms with Gasteiger partial charge in [0.25, 0.3) is 0 Å². The standard InChI is InChI=1S/C18H20N2O2/c1-13-6-8-16(9-7-13)20-18(21)19-11-17-10-14-4-2-3-5-15(14)12-22-17/h2-9,17H,10-12H2,1H3,(H2,19,20,21). The van der Waals surface area contributed by atoms with Gasteiger partial charge in [-0.1, -0.05) is 42.0 Å². The lowest BCUT2D eigenvalue weighted by Crippen LogP contribution is -2.38. The van der Waals surface area contributed by atoms with E-state index in [-0.39, 0.29) is 12.1 Å². The van der Waals surface area contributed by atoms with Crippen LogP contribution in [0.3, 0.4) is 0 Å². The molecule has 0 saturated carbocycles. The fourth-order valence-corrected chi connectivity index (χ4v) is 2.56. The average molecular weight is 296 g/mol. The second-order valence-electron chi connectivity index (χ2n) is 5.61. The fourth-order valence-electron chi connectivity index (χ4n) is 2.56. The van der Waals surface area contributed by atoms with E-state index in [9.17, 15) is 4.79 Å². The predicted molar refractivity (Wildman–Crippen MR) is 86.9 cm³/mol. The number of benzene rings is 2. The Morgan fingerprint density at radius 1 is 1.14 bits per heavy atom. The number of hydrogen-bond acceptors (Lipinski definition) is 2. The van der Waals surface area contributed by atoms with E-state index in [2.05, 4.69) is 22.8 Å². The van der Waals surface area contributed by atoms with Gasteiger partial charge in [-0.25, -0.2) is 4.79 Å². The molecule has 1 aliphatic heterocycles. The second kappa shape index (κ2) is 6.62. The molecule has 2 amide bonds. The van der Waals surface area contributed by atoms with Gasteiger partial charge >= 0.3 is 6.03 Å². The number of amides is 2. The van der Waals surface area contributed by atoms with E-state index in [0.29, 0.717) is 13.2 Å². The summed E-state index contributed by atoms with van der Waals surface area (Å²) >= 11 is 0. The Kier molecular flexibility index (Phi) is 4.39. The number of rotatable bonds is 3. The van der Waals surface area contributed by atoms with E-state index in [0.717, 1.165) is 12.1 Å². The van der Waals surface area contributed by atoms with Gasteiger partial charge < -0.3 is 15.4 Å². The van der Waals surface area contributed by atoms with Gasteiger partial charge in [-0.15, -0.1) is 0 Å². The monoisotopic (exact) mass is 296 g/mol. The van der Waals surface area contributed by atoms with Crippen LogP contribution in [0.1, 0.15) is 16.7 Å². The summed E-state index contributed by atoms with van der Waals surface area (Å²) in [4.78, 5) is 11.9. The summed E-state index contributed by atoms with van der Waals surface area (Å²) < 4.78 is 5.78. The first-order valence-corrected chi connectivity index (χ1v) is 7.50. The first kappa shape index (κ1) is 14.6.